The van der Waals surface area contributed by atoms with E-state index in [1.54, 1.807) is 36.5 Å². The van der Waals surface area contributed by atoms with E-state index in [-0.39, 0.29) is 19.1 Å². The largest absolute Gasteiger partial charge is 0.392 e. The van der Waals surface area contributed by atoms with Gasteiger partial charge in [0.05, 0.1) is 6.61 Å². The number of rotatable bonds is 4. The quantitative estimate of drug-likeness (QED) is 0.736. The topological polar surface area (TPSA) is 93.2 Å². The zero-order chi connectivity index (χ0) is 13.0. The number of hydrogen-bond acceptors (Lipinski definition) is 4. The van der Waals surface area contributed by atoms with Crippen LogP contribution in [-0.4, -0.2) is 20.8 Å². The smallest absolute Gasteiger partial charge is 0.246 e. The Bertz CT molecular complexity index is 533. The molecule has 6 heteroatoms. The Balaban J connectivity index is 1.94. The first-order valence-corrected chi connectivity index (χ1v) is 5.46. The van der Waals surface area contributed by atoms with Gasteiger partial charge in [-0.1, -0.05) is 12.1 Å². The molecule has 0 unspecified atom stereocenters. The van der Waals surface area contributed by atoms with Gasteiger partial charge >= 0.3 is 0 Å². The predicted octanol–water partition coefficient (Wildman–Crippen LogP) is 0.596. The highest BCUT2D eigenvalue weighted by Crippen LogP contribution is 2.09. The molecule has 0 fully saturated rings. The second-order valence-corrected chi connectivity index (χ2v) is 3.84. The Kier molecular flexibility index (Phi) is 3.59. The van der Waals surface area contributed by atoms with Crippen LogP contribution in [0.1, 0.15) is 5.56 Å². The summed E-state index contributed by atoms with van der Waals surface area (Å²) in [4.78, 5) is 11.7. The van der Waals surface area contributed by atoms with Crippen molar-refractivity contribution in [3.8, 4) is 0 Å². The second-order valence-electron chi connectivity index (χ2n) is 3.84. The van der Waals surface area contributed by atoms with Gasteiger partial charge in [-0.3, -0.25) is 9.48 Å². The van der Waals surface area contributed by atoms with Crippen molar-refractivity contribution in [3.63, 3.8) is 0 Å². The van der Waals surface area contributed by atoms with Crippen LogP contribution in [0, 0.1) is 0 Å². The highest BCUT2D eigenvalue weighted by molar-refractivity contribution is 5.90. The van der Waals surface area contributed by atoms with Crippen molar-refractivity contribution in [3.05, 3.63) is 42.1 Å². The molecule has 0 spiro atoms. The summed E-state index contributed by atoms with van der Waals surface area (Å²) >= 11 is 0. The number of benzene rings is 1. The number of carbonyl (C=O) groups is 1. The number of amides is 1. The maximum absolute atomic E-state index is 11.7. The molecule has 4 N–H and O–H groups in total. The summed E-state index contributed by atoms with van der Waals surface area (Å²) in [5, 5.41) is 15.5. The highest BCUT2D eigenvalue weighted by Gasteiger charge is 2.04. The third-order valence-electron chi connectivity index (χ3n) is 2.39. The minimum Gasteiger partial charge on any atom is -0.392 e. The molecule has 1 amide bonds. The molecule has 1 aromatic carbocycles. The molecule has 0 saturated heterocycles. The Labute approximate surface area is 104 Å². The van der Waals surface area contributed by atoms with Gasteiger partial charge in [-0.05, 0) is 23.8 Å². The van der Waals surface area contributed by atoms with Crippen molar-refractivity contribution in [1.82, 2.24) is 9.78 Å². The molecule has 2 aromatic rings. The van der Waals surface area contributed by atoms with E-state index >= 15 is 0 Å². The Morgan fingerprint density at radius 1 is 1.33 bits per heavy atom. The summed E-state index contributed by atoms with van der Waals surface area (Å²) < 4.78 is 1.47. The number of aliphatic hydroxyl groups excluding tert-OH is 1. The molecule has 0 atom stereocenters. The van der Waals surface area contributed by atoms with Gasteiger partial charge in [0.2, 0.25) is 5.91 Å². The average Bonchev–Trinajstić information content (AvgIpc) is 2.75. The lowest BCUT2D eigenvalue weighted by Gasteiger charge is -2.06. The van der Waals surface area contributed by atoms with Gasteiger partial charge in [0.25, 0.3) is 0 Å². The molecule has 0 aliphatic carbocycles. The predicted molar refractivity (Wildman–Crippen MR) is 67.6 cm³/mol. The van der Waals surface area contributed by atoms with Gasteiger partial charge in [0, 0.05) is 11.9 Å². The van der Waals surface area contributed by atoms with Crippen molar-refractivity contribution in [2.45, 2.75) is 13.2 Å². The number of anilines is 2. The van der Waals surface area contributed by atoms with Gasteiger partial charge in [0.15, 0.2) is 0 Å². The van der Waals surface area contributed by atoms with Crippen molar-refractivity contribution < 1.29 is 9.90 Å². The lowest BCUT2D eigenvalue weighted by Crippen LogP contribution is -2.19. The van der Waals surface area contributed by atoms with Crippen molar-refractivity contribution in [1.29, 1.82) is 0 Å². The fraction of sp³-hybridized carbons (Fsp3) is 0.167. The fourth-order valence-electron chi connectivity index (χ4n) is 1.51. The molecule has 94 valence electrons. The Hall–Kier alpha value is -2.34. The average molecular weight is 246 g/mol. The Morgan fingerprint density at radius 2 is 2.06 bits per heavy atom. The monoisotopic (exact) mass is 246 g/mol. The standard InChI is InChI=1S/C12H14N4O2/c13-11-5-6-16(15-11)7-12(18)14-10-3-1-9(8-17)2-4-10/h1-6,17H,7-8H2,(H2,13,15)(H,14,18). The van der Waals surface area contributed by atoms with Crippen molar-refractivity contribution >= 4 is 17.4 Å². The lowest BCUT2D eigenvalue weighted by atomic mass is 10.2. The molecule has 18 heavy (non-hydrogen) atoms. The first kappa shape index (κ1) is 12.1. The molecule has 0 radical (unpaired) electrons. The summed E-state index contributed by atoms with van der Waals surface area (Å²) in [7, 11) is 0. The second kappa shape index (κ2) is 5.33. The van der Waals surface area contributed by atoms with Gasteiger partial charge < -0.3 is 16.2 Å². The van der Waals surface area contributed by atoms with E-state index in [1.165, 1.54) is 4.68 Å². The van der Waals surface area contributed by atoms with Crippen LogP contribution in [0.5, 0.6) is 0 Å². The van der Waals surface area contributed by atoms with E-state index in [4.69, 9.17) is 10.8 Å². The normalized spacial score (nSPS) is 10.3. The minimum absolute atomic E-state index is 0.0131. The highest BCUT2D eigenvalue weighted by atomic mass is 16.3. The van der Waals surface area contributed by atoms with Gasteiger partial charge in [-0.2, -0.15) is 5.10 Å². The third-order valence-corrected chi connectivity index (χ3v) is 2.39. The van der Waals surface area contributed by atoms with Gasteiger partial charge in [-0.15, -0.1) is 0 Å². The van der Waals surface area contributed by atoms with E-state index < -0.39 is 0 Å². The van der Waals surface area contributed by atoms with Crippen LogP contribution in [0.3, 0.4) is 0 Å². The van der Waals surface area contributed by atoms with Crippen molar-refractivity contribution in [2.75, 3.05) is 11.1 Å². The molecule has 0 bridgehead atoms. The summed E-state index contributed by atoms with van der Waals surface area (Å²) in [5.41, 5.74) is 6.93. The van der Waals surface area contributed by atoms with Crippen LogP contribution in [-0.2, 0) is 17.9 Å². The van der Waals surface area contributed by atoms with Crippen LogP contribution < -0.4 is 11.1 Å². The molecular weight excluding hydrogens is 232 g/mol. The number of nitrogen functional groups attached to an aromatic ring is 1. The zero-order valence-electron chi connectivity index (χ0n) is 9.71. The number of carbonyl (C=O) groups excluding carboxylic acids is 1. The number of nitrogens with zero attached hydrogens (tertiary/aromatic N) is 2. The number of nitrogens with one attached hydrogen (secondary N) is 1. The molecule has 2 rings (SSSR count). The number of aliphatic hydroxyl groups is 1. The maximum atomic E-state index is 11.7. The van der Waals surface area contributed by atoms with E-state index in [0.717, 1.165) is 5.56 Å². The van der Waals surface area contributed by atoms with Crippen LogP contribution in [0.15, 0.2) is 36.5 Å². The summed E-state index contributed by atoms with van der Waals surface area (Å²) in [5.74, 6) is 0.199. The fourth-order valence-corrected chi connectivity index (χ4v) is 1.51. The Morgan fingerprint density at radius 3 is 2.61 bits per heavy atom. The van der Waals surface area contributed by atoms with E-state index in [1.807, 2.05) is 0 Å². The van der Waals surface area contributed by atoms with Crippen LogP contribution in [0.25, 0.3) is 0 Å². The third kappa shape index (κ3) is 3.08. The van der Waals surface area contributed by atoms with Gasteiger partial charge in [-0.25, -0.2) is 0 Å². The van der Waals surface area contributed by atoms with E-state index in [9.17, 15) is 4.79 Å². The first-order valence-electron chi connectivity index (χ1n) is 5.46. The molecule has 1 heterocycles. The van der Waals surface area contributed by atoms with E-state index in [0.29, 0.717) is 11.5 Å². The van der Waals surface area contributed by atoms with Crippen LogP contribution >= 0.6 is 0 Å². The number of nitrogens with two attached hydrogens (primary N) is 1. The van der Waals surface area contributed by atoms with Crippen LogP contribution in [0.4, 0.5) is 11.5 Å². The molecular formula is C12H14N4O2. The number of hydrogen-bond donors (Lipinski definition) is 3. The summed E-state index contributed by atoms with van der Waals surface area (Å²) in [6, 6.07) is 8.61. The maximum Gasteiger partial charge on any atom is 0.246 e. The molecule has 0 saturated carbocycles. The molecule has 0 aliphatic rings. The van der Waals surface area contributed by atoms with Crippen LogP contribution in [0.2, 0.25) is 0 Å². The minimum atomic E-state index is -0.185. The summed E-state index contributed by atoms with van der Waals surface area (Å²) in [6.45, 7) is 0.0970. The molecule has 6 nitrogen and oxygen atoms in total. The van der Waals surface area contributed by atoms with Gasteiger partial charge in [0.1, 0.15) is 12.4 Å². The molecule has 0 aliphatic heterocycles. The van der Waals surface area contributed by atoms with E-state index in [2.05, 4.69) is 10.4 Å². The van der Waals surface area contributed by atoms with Crippen molar-refractivity contribution in [2.24, 2.45) is 0 Å². The molecule has 1 aromatic heterocycles. The number of aromatic nitrogens is 2. The lowest BCUT2D eigenvalue weighted by molar-refractivity contribution is -0.116. The zero-order valence-corrected chi connectivity index (χ0v) is 9.71. The first-order chi connectivity index (χ1) is 8.67. The summed E-state index contributed by atoms with van der Waals surface area (Å²) in [6.07, 6.45) is 1.64. The SMILES string of the molecule is Nc1ccn(CC(=O)Nc2ccc(CO)cc2)n1.